The number of amides is 2. The molecule has 0 radical (unpaired) electrons. The van der Waals surface area contributed by atoms with Crippen LogP contribution in [0, 0.1) is 0 Å². The molecule has 0 bridgehead atoms. The summed E-state index contributed by atoms with van der Waals surface area (Å²) in [5, 5.41) is 14.4. The van der Waals surface area contributed by atoms with Gasteiger partial charge >= 0.3 is 6.03 Å². The molecular formula is C19H20ClN5OS. The van der Waals surface area contributed by atoms with Gasteiger partial charge in [0.05, 0.1) is 12.6 Å². The molecule has 1 aromatic carbocycles. The van der Waals surface area contributed by atoms with E-state index in [1.807, 2.05) is 48.7 Å². The number of halogens is 1. The van der Waals surface area contributed by atoms with Gasteiger partial charge in [-0.05, 0) is 30.0 Å². The highest BCUT2D eigenvalue weighted by molar-refractivity contribution is 7.10. The molecule has 0 aliphatic carbocycles. The van der Waals surface area contributed by atoms with Crippen molar-refractivity contribution in [1.82, 2.24) is 25.0 Å². The molecule has 2 aromatic heterocycles. The lowest BCUT2D eigenvalue weighted by molar-refractivity contribution is 0.178. The minimum absolute atomic E-state index is 0.00641. The maximum absolute atomic E-state index is 12.6. The first-order valence-electron chi connectivity index (χ1n) is 8.85. The Hall–Kier alpha value is -2.38. The Balaban J connectivity index is 1.43. The summed E-state index contributed by atoms with van der Waals surface area (Å²) in [6, 6.07) is 11.7. The van der Waals surface area contributed by atoms with Gasteiger partial charge in [-0.2, -0.15) is 0 Å². The molecular weight excluding hydrogens is 382 g/mol. The predicted molar refractivity (Wildman–Crippen MR) is 106 cm³/mol. The molecule has 1 unspecified atom stereocenters. The molecule has 1 aliphatic heterocycles. The first-order chi connectivity index (χ1) is 13.1. The smallest absolute Gasteiger partial charge is 0.318 e. The molecule has 6 nitrogen and oxygen atoms in total. The number of urea groups is 1. The average molecular weight is 402 g/mol. The quantitative estimate of drug-likeness (QED) is 0.721. The molecule has 0 saturated heterocycles. The van der Waals surface area contributed by atoms with E-state index in [4.69, 9.17) is 11.6 Å². The SMILES string of the molecule is CC(NC(=O)N1CCn2c(Cc3ccccc3Cl)nnc2C1)c1cccs1. The predicted octanol–water partition coefficient (Wildman–Crippen LogP) is 3.87. The van der Waals surface area contributed by atoms with Crippen LogP contribution in [0.5, 0.6) is 0 Å². The zero-order valence-corrected chi connectivity index (χ0v) is 16.5. The Bertz CT molecular complexity index is 939. The highest BCUT2D eigenvalue weighted by atomic mass is 35.5. The van der Waals surface area contributed by atoms with E-state index in [1.165, 1.54) is 0 Å². The Kier molecular flexibility index (Phi) is 5.13. The summed E-state index contributed by atoms with van der Waals surface area (Å²) in [5.74, 6) is 1.69. The number of carbonyl (C=O) groups excluding carboxylic acids is 1. The van der Waals surface area contributed by atoms with Gasteiger partial charge in [-0.1, -0.05) is 35.9 Å². The highest BCUT2D eigenvalue weighted by Gasteiger charge is 2.25. The number of hydrogen-bond donors (Lipinski definition) is 1. The molecule has 0 fully saturated rings. The van der Waals surface area contributed by atoms with E-state index in [9.17, 15) is 4.79 Å². The fourth-order valence-electron chi connectivity index (χ4n) is 3.22. The number of fused-ring (bicyclic) bond motifs is 1. The zero-order valence-electron chi connectivity index (χ0n) is 14.9. The molecule has 3 heterocycles. The van der Waals surface area contributed by atoms with Gasteiger partial charge in [0.1, 0.15) is 5.82 Å². The molecule has 1 N–H and O–H groups in total. The number of benzene rings is 1. The third kappa shape index (κ3) is 3.84. The van der Waals surface area contributed by atoms with Crippen LogP contribution >= 0.6 is 22.9 Å². The highest BCUT2D eigenvalue weighted by Crippen LogP contribution is 2.22. The second kappa shape index (κ2) is 7.70. The summed E-state index contributed by atoms with van der Waals surface area (Å²) >= 11 is 7.91. The fourth-order valence-corrected chi connectivity index (χ4v) is 4.16. The first-order valence-corrected chi connectivity index (χ1v) is 10.1. The van der Waals surface area contributed by atoms with Gasteiger partial charge < -0.3 is 14.8 Å². The Labute approximate surface area is 166 Å². The molecule has 1 aliphatic rings. The maximum Gasteiger partial charge on any atom is 0.318 e. The minimum atomic E-state index is -0.0715. The van der Waals surface area contributed by atoms with Crippen molar-refractivity contribution in [2.45, 2.75) is 32.5 Å². The number of nitrogens with zero attached hydrogens (tertiary/aromatic N) is 4. The van der Waals surface area contributed by atoms with Crippen LogP contribution in [0.25, 0.3) is 0 Å². The second-order valence-corrected chi connectivity index (χ2v) is 7.95. The average Bonchev–Trinajstić information content (AvgIpc) is 3.33. The van der Waals surface area contributed by atoms with Crippen LogP contribution in [-0.2, 0) is 19.5 Å². The van der Waals surface area contributed by atoms with Crippen molar-refractivity contribution in [1.29, 1.82) is 0 Å². The summed E-state index contributed by atoms with van der Waals surface area (Å²) in [5.41, 5.74) is 1.03. The van der Waals surface area contributed by atoms with Crippen molar-refractivity contribution in [3.8, 4) is 0 Å². The van der Waals surface area contributed by atoms with Crippen LogP contribution in [-0.4, -0.2) is 32.2 Å². The van der Waals surface area contributed by atoms with Gasteiger partial charge in [0.2, 0.25) is 0 Å². The molecule has 0 saturated carbocycles. The summed E-state index contributed by atoms with van der Waals surface area (Å²) < 4.78 is 2.09. The number of thiophene rings is 1. The van der Waals surface area contributed by atoms with E-state index in [0.717, 1.165) is 27.1 Å². The third-order valence-electron chi connectivity index (χ3n) is 4.73. The van der Waals surface area contributed by atoms with E-state index in [2.05, 4.69) is 20.1 Å². The van der Waals surface area contributed by atoms with E-state index in [-0.39, 0.29) is 12.1 Å². The number of rotatable bonds is 4. The molecule has 27 heavy (non-hydrogen) atoms. The molecule has 0 spiro atoms. The summed E-state index contributed by atoms with van der Waals surface area (Å²) in [6.07, 6.45) is 0.633. The van der Waals surface area contributed by atoms with Crippen LogP contribution in [0.2, 0.25) is 5.02 Å². The van der Waals surface area contributed by atoms with Crippen LogP contribution in [0.4, 0.5) is 4.79 Å². The van der Waals surface area contributed by atoms with Crippen LogP contribution in [0.15, 0.2) is 41.8 Å². The molecule has 4 rings (SSSR count). The van der Waals surface area contributed by atoms with Gasteiger partial charge in [-0.15, -0.1) is 21.5 Å². The van der Waals surface area contributed by atoms with Gasteiger partial charge in [0.15, 0.2) is 5.82 Å². The number of carbonyl (C=O) groups is 1. The topological polar surface area (TPSA) is 63.1 Å². The summed E-state index contributed by atoms with van der Waals surface area (Å²) in [7, 11) is 0. The van der Waals surface area contributed by atoms with Crippen molar-refractivity contribution in [2.75, 3.05) is 6.54 Å². The molecule has 1 atom stereocenters. The number of hydrogen-bond acceptors (Lipinski definition) is 4. The van der Waals surface area contributed by atoms with Crippen molar-refractivity contribution >= 4 is 29.0 Å². The largest absolute Gasteiger partial charge is 0.331 e. The van der Waals surface area contributed by atoms with E-state index >= 15 is 0 Å². The van der Waals surface area contributed by atoms with E-state index < -0.39 is 0 Å². The summed E-state index contributed by atoms with van der Waals surface area (Å²) in [4.78, 5) is 15.5. The minimum Gasteiger partial charge on any atom is -0.331 e. The Morgan fingerprint density at radius 1 is 1.26 bits per heavy atom. The van der Waals surface area contributed by atoms with Crippen molar-refractivity contribution in [2.24, 2.45) is 0 Å². The molecule has 8 heteroatoms. The van der Waals surface area contributed by atoms with Crippen molar-refractivity contribution < 1.29 is 4.79 Å². The monoisotopic (exact) mass is 401 g/mol. The standard InChI is InChI=1S/C19H20ClN5OS/c1-13(16-7-4-10-27-16)21-19(26)24-8-9-25-17(22-23-18(25)12-24)11-14-5-2-3-6-15(14)20/h2-7,10,13H,8-9,11-12H2,1H3,(H,21,26). The van der Waals surface area contributed by atoms with Crippen molar-refractivity contribution in [3.05, 3.63) is 68.9 Å². The maximum atomic E-state index is 12.6. The molecule has 2 amide bonds. The lowest BCUT2D eigenvalue weighted by Crippen LogP contribution is -2.45. The normalized spacial score (nSPS) is 14.7. The van der Waals surface area contributed by atoms with Gasteiger partial charge in [-0.25, -0.2) is 4.79 Å². The van der Waals surface area contributed by atoms with Gasteiger partial charge in [-0.3, -0.25) is 0 Å². The van der Waals surface area contributed by atoms with Gasteiger partial charge in [0.25, 0.3) is 0 Å². The fraction of sp³-hybridized carbons (Fsp3) is 0.316. The molecule has 3 aromatic rings. The van der Waals surface area contributed by atoms with E-state index in [0.29, 0.717) is 26.1 Å². The third-order valence-corrected chi connectivity index (χ3v) is 6.16. The Morgan fingerprint density at radius 2 is 2.11 bits per heavy atom. The molecule has 140 valence electrons. The van der Waals surface area contributed by atoms with E-state index in [1.54, 1.807) is 16.2 Å². The van der Waals surface area contributed by atoms with Crippen molar-refractivity contribution in [3.63, 3.8) is 0 Å². The van der Waals surface area contributed by atoms with Crippen LogP contribution < -0.4 is 5.32 Å². The lowest BCUT2D eigenvalue weighted by atomic mass is 10.1. The number of nitrogens with one attached hydrogen (secondary N) is 1. The summed E-state index contributed by atoms with van der Waals surface area (Å²) in [6.45, 7) is 3.77. The second-order valence-electron chi connectivity index (χ2n) is 6.56. The first kappa shape index (κ1) is 18.0. The van der Waals surface area contributed by atoms with Gasteiger partial charge in [0, 0.05) is 29.4 Å². The zero-order chi connectivity index (χ0) is 18.8. The lowest BCUT2D eigenvalue weighted by Gasteiger charge is -2.29. The van der Waals surface area contributed by atoms with Crippen LogP contribution in [0.1, 0.15) is 35.1 Å². The Morgan fingerprint density at radius 3 is 2.89 bits per heavy atom. The number of aromatic nitrogens is 3. The van der Waals surface area contributed by atoms with Crippen LogP contribution in [0.3, 0.4) is 0 Å².